The molecule has 1 aliphatic carbocycles. The van der Waals surface area contributed by atoms with Crippen molar-refractivity contribution in [2.24, 2.45) is 5.92 Å². The van der Waals surface area contributed by atoms with Crippen molar-refractivity contribution < 1.29 is 0 Å². The fourth-order valence-electron chi connectivity index (χ4n) is 2.99. The molecular formula is C16H20N2. The molecule has 2 nitrogen and oxygen atoms in total. The fraction of sp³-hybridized carbons (Fsp3) is 0.438. The van der Waals surface area contributed by atoms with Gasteiger partial charge in [0.15, 0.2) is 0 Å². The van der Waals surface area contributed by atoms with Gasteiger partial charge in [-0.25, -0.2) is 0 Å². The Bertz CT molecular complexity index is 530. The van der Waals surface area contributed by atoms with Gasteiger partial charge in [0.2, 0.25) is 0 Å². The molecule has 1 aromatic heterocycles. The van der Waals surface area contributed by atoms with Crippen molar-refractivity contribution in [3.63, 3.8) is 0 Å². The van der Waals surface area contributed by atoms with Crippen LogP contribution < -0.4 is 5.32 Å². The summed E-state index contributed by atoms with van der Waals surface area (Å²) >= 11 is 0. The number of fused-ring (bicyclic) bond motifs is 1. The molecule has 18 heavy (non-hydrogen) atoms. The van der Waals surface area contributed by atoms with Crippen LogP contribution in [0.2, 0.25) is 0 Å². The van der Waals surface area contributed by atoms with Crippen molar-refractivity contribution in [2.45, 2.75) is 25.7 Å². The predicted molar refractivity (Wildman–Crippen MR) is 75.8 cm³/mol. The second kappa shape index (κ2) is 5.07. The molecule has 1 fully saturated rings. The van der Waals surface area contributed by atoms with E-state index in [0.717, 1.165) is 19.0 Å². The quantitative estimate of drug-likeness (QED) is 0.886. The Morgan fingerprint density at radius 3 is 2.89 bits per heavy atom. The molecule has 1 N–H and O–H groups in total. The second-order valence-corrected chi connectivity index (χ2v) is 5.20. The highest BCUT2D eigenvalue weighted by Crippen LogP contribution is 2.44. The third-order valence-corrected chi connectivity index (χ3v) is 4.17. The summed E-state index contributed by atoms with van der Waals surface area (Å²) in [4.78, 5) is 4.41. The maximum Gasteiger partial charge on any atom is 0.0346 e. The summed E-state index contributed by atoms with van der Waals surface area (Å²) in [5.74, 6) is 1.49. The number of hydrogen-bond acceptors (Lipinski definition) is 2. The minimum absolute atomic E-state index is 0.697. The van der Waals surface area contributed by atoms with Gasteiger partial charge in [0.25, 0.3) is 0 Å². The van der Waals surface area contributed by atoms with Gasteiger partial charge < -0.3 is 5.32 Å². The third kappa shape index (κ3) is 2.01. The van der Waals surface area contributed by atoms with Crippen LogP contribution in [0.1, 0.15) is 31.2 Å². The van der Waals surface area contributed by atoms with Crippen molar-refractivity contribution in [3.8, 4) is 0 Å². The molecule has 0 bridgehead atoms. The lowest BCUT2D eigenvalue weighted by Gasteiger charge is -2.37. The lowest BCUT2D eigenvalue weighted by molar-refractivity contribution is 0.248. The Balaban J connectivity index is 1.90. The molecule has 94 valence electrons. The van der Waals surface area contributed by atoms with Crippen LogP contribution in [0.15, 0.2) is 36.7 Å². The Morgan fingerprint density at radius 2 is 2.11 bits per heavy atom. The van der Waals surface area contributed by atoms with Gasteiger partial charge in [-0.2, -0.15) is 0 Å². The summed E-state index contributed by atoms with van der Waals surface area (Å²) in [6.45, 7) is 4.38. The minimum Gasteiger partial charge on any atom is -0.317 e. The molecule has 2 unspecified atom stereocenters. The first-order valence-corrected chi connectivity index (χ1v) is 6.93. The van der Waals surface area contributed by atoms with E-state index in [2.05, 4.69) is 47.7 Å². The third-order valence-electron chi connectivity index (χ3n) is 4.17. The maximum absolute atomic E-state index is 4.41. The largest absolute Gasteiger partial charge is 0.317 e. The molecular weight excluding hydrogens is 220 g/mol. The van der Waals surface area contributed by atoms with Gasteiger partial charge in [-0.3, -0.25) is 4.98 Å². The van der Waals surface area contributed by atoms with E-state index in [0.29, 0.717) is 5.92 Å². The van der Waals surface area contributed by atoms with E-state index >= 15 is 0 Å². The summed E-state index contributed by atoms with van der Waals surface area (Å²) in [6.07, 6.45) is 6.70. The van der Waals surface area contributed by atoms with E-state index in [1.54, 1.807) is 0 Å². The second-order valence-electron chi connectivity index (χ2n) is 5.20. The highest BCUT2D eigenvalue weighted by molar-refractivity contribution is 5.85. The van der Waals surface area contributed by atoms with Crippen LogP contribution in [0.3, 0.4) is 0 Å². The molecule has 2 atom stereocenters. The van der Waals surface area contributed by atoms with Gasteiger partial charge in [0.05, 0.1) is 0 Å². The smallest absolute Gasteiger partial charge is 0.0346 e. The van der Waals surface area contributed by atoms with Crippen LogP contribution in [0.4, 0.5) is 0 Å². The number of pyridine rings is 1. The van der Waals surface area contributed by atoms with E-state index in [9.17, 15) is 0 Å². The van der Waals surface area contributed by atoms with Crippen LogP contribution in [-0.2, 0) is 0 Å². The van der Waals surface area contributed by atoms with Gasteiger partial charge in [0, 0.05) is 17.8 Å². The Hall–Kier alpha value is -1.41. The monoisotopic (exact) mass is 240 g/mol. The molecule has 1 saturated carbocycles. The number of benzene rings is 1. The number of rotatable bonds is 4. The van der Waals surface area contributed by atoms with E-state index in [4.69, 9.17) is 0 Å². The topological polar surface area (TPSA) is 24.9 Å². The number of aromatic nitrogens is 1. The van der Waals surface area contributed by atoms with E-state index < -0.39 is 0 Å². The van der Waals surface area contributed by atoms with Gasteiger partial charge in [-0.15, -0.1) is 0 Å². The summed E-state index contributed by atoms with van der Waals surface area (Å²) in [5, 5.41) is 6.13. The average molecular weight is 240 g/mol. The van der Waals surface area contributed by atoms with Gasteiger partial charge >= 0.3 is 0 Å². The lowest BCUT2D eigenvalue weighted by Crippen LogP contribution is -2.33. The van der Waals surface area contributed by atoms with E-state index in [-0.39, 0.29) is 0 Å². The SMILES string of the molecule is CCNCC1CCC1c1cncc2ccccc12. The number of nitrogens with one attached hydrogen (secondary N) is 1. The lowest BCUT2D eigenvalue weighted by atomic mass is 9.69. The molecule has 3 rings (SSSR count). The molecule has 2 heteroatoms. The zero-order chi connectivity index (χ0) is 12.4. The summed E-state index contributed by atoms with van der Waals surface area (Å²) in [6, 6.07) is 8.60. The van der Waals surface area contributed by atoms with E-state index in [1.165, 1.54) is 29.2 Å². The van der Waals surface area contributed by atoms with Crippen LogP contribution in [0.25, 0.3) is 10.8 Å². The van der Waals surface area contributed by atoms with E-state index in [1.807, 2.05) is 6.20 Å². The Labute approximate surface area is 108 Å². The van der Waals surface area contributed by atoms with Crippen molar-refractivity contribution in [2.75, 3.05) is 13.1 Å². The van der Waals surface area contributed by atoms with Gasteiger partial charge in [-0.05, 0) is 48.7 Å². The molecule has 1 aromatic carbocycles. The first-order valence-electron chi connectivity index (χ1n) is 6.93. The van der Waals surface area contributed by atoms with Crippen LogP contribution in [0, 0.1) is 5.92 Å². The molecule has 2 aromatic rings. The summed E-state index contributed by atoms with van der Waals surface area (Å²) in [5.41, 5.74) is 1.45. The standard InChI is InChI=1S/C16H20N2/c1-2-17-9-13-7-8-15(13)16-11-18-10-12-5-3-4-6-14(12)16/h3-6,10-11,13,15,17H,2,7-9H2,1H3. The fourth-order valence-corrected chi connectivity index (χ4v) is 2.99. The highest BCUT2D eigenvalue weighted by atomic mass is 14.9. The molecule has 0 saturated heterocycles. The zero-order valence-electron chi connectivity index (χ0n) is 10.9. The molecule has 1 heterocycles. The van der Waals surface area contributed by atoms with Crippen LogP contribution >= 0.6 is 0 Å². The van der Waals surface area contributed by atoms with Gasteiger partial charge in [0.1, 0.15) is 0 Å². The number of hydrogen-bond donors (Lipinski definition) is 1. The van der Waals surface area contributed by atoms with Crippen LogP contribution in [-0.4, -0.2) is 18.1 Å². The Morgan fingerprint density at radius 1 is 1.22 bits per heavy atom. The predicted octanol–water partition coefficient (Wildman–Crippen LogP) is 3.34. The van der Waals surface area contributed by atoms with Crippen molar-refractivity contribution in [1.82, 2.24) is 10.3 Å². The normalized spacial score (nSPS) is 22.9. The first kappa shape index (κ1) is 11.7. The summed E-state index contributed by atoms with van der Waals surface area (Å²) < 4.78 is 0. The van der Waals surface area contributed by atoms with Crippen LogP contribution in [0.5, 0.6) is 0 Å². The summed E-state index contributed by atoms with van der Waals surface area (Å²) in [7, 11) is 0. The first-order chi connectivity index (χ1) is 8.90. The number of nitrogens with zero attached hydrogens (tertiary/aromatic N) is 1. The highest BCUT2D eigenvalue weighted by Gasteiger charge is 2.32. The Kier molecular flexibility index (Phi) is 3.28. The molecule has 0 radical (unpaired) electrons. The van der Waals surface area contributed by atoms with Crippen molar-refractivity contribution in [1.29, 1.82) is 0 Å². The molecule has 0 aliphatic heterocycles. The average Bonchev–Trinajstić information content (AvgIpc) is 2.38. The molecule has 0 amide bonds. The van der Waals surface area contributed by atoms with Crippen molar-refractivity contribution >= 4 is 10.8 Å². The van der Waals surface area contributed by atoms with Crippen molar-refractivity contribution in [3.05, 3.63) is 42.2 Å². The van der Waals surface area contributed by atoms with Gasteiger partial charge in [-0.1, -0.05) is 31.2 Å². The molecule has 1 aliphatic rings. The zero-order valence-corrected chi connectivity index (χ0v) is 10.9. The minimum atomic E-state index is 0.697. The molecule has 0 spiro atoms. The maximum atomic E-state index is 4.41.